The first-order chi connectivity index (χ1) is 11.1. The zero-order valence-electron chi connectivity index (χ0n) is 13.2. The molecule has 2 fully saturated rings. The van der Waals surface area contributed by atoms with E-state index in [0.717, 1.165) is 18.4 Å². The Kier molecular flexibility index (Phi) is 4.87. The van der Waals surface area contributed by atoms with Crippen molar-refractivity contribution in [1.29, 1.82) is 0 Å². The summed E-state index contributed by atoms with van der Waals surface area (Å²) in [6.07, 6.45) is 2.04. The Balaban J connectivity index is 1.70. The van der Waals surface area contributed by atoms with E-state index in [1.54, 1.807) is 12.1 Å². The molecule has 0 aromatic heterocycles. The van der Waals surface area contributed by atoms with Gasteiger partial charge in [-0.1, -0.05) is 23.7 Å². The number of esters is 1. The van der Waals surface area contributed by atoms with E-state index in [9.17, 15) is 9.59 Å². The van der Waals surface area contributed by atoms with Crippen molar-refractivity contribution in [2.24, 2.45) is 5.92 Å². The number of methoxy groups -OCH3 is 1. The van der Waals surface area contributed by atoms with Gasteiger partial charge in [-0.05, 0) is 30.5 Å². The molecule has 0 spiro atoms. The van der Waals surface area contributed by atoms with Crippen LogP contribution < -0.4 is 0 Å². The van der Waals surface area contributed by atoms with E-state index in [4.69, 9.17) is 16.3 Å². The molecule has 124 valence electrons. The summed E-state index contributed by atoms with van der Waals surface area (Å²) in [5, 5.41) is 0.636. The molecule has 0 radical (unpaired) electrons. The van der Waals surface area contributed by atoms with Gasteiger partial charge in [0.25, 0.3) is 0 Å². The van der Waals surface area contributed by atoms with Crippen LogP contribution in [0.25, 0.3) is 0 Å². The Hall–Kier alpha value is -1.59. The molecule has 23 heavy (non-hydrogen) atoms. The largest absolute Gasteiger partial charge is 0.468 e. The SMILES string of the molecule is COC(=O)C(c1ccc(Cl)cc1)N1CCN(C(=O)C2CC2)CC1. The molecule has 1 aliphatic heterocycles. The maximum absolute atomic E-state index is 12.3. The lowest BCUT2D eigenvalue weighted by Gasteiger charge is -2.38. The lowest BCUT2D eigenvalue weighted by atomic mass is 10.0. The van der Waals surface area contributed by atoms with Crippen molar-refractivity contribution in [2.45, 2.75) is 18.9 Å². The van der Waals surface area contributed by atoms with Crippen molar-refractivity contribution in [3.05, 3.63) is 34.9 Å². The Morgan fingerprint density at radius 1 is 1.13 bits per heavy atom. The van der Waals surface area contributed by atoms with E-state index in [-0.39, 0.29) is 17.8 Å². The van der Waals surface area contributed by atoms with Crippen LogP contribution >= 0.6 is 11.6 Å². The number of piperazine rings is 1. The number of ether oxygens (including phenoxy) is 1. The zero-order chi connectivity index (χ0) is 16.4. The van der Waals surface area contributed by atoms with Gasteiger partial charge in [-0.3, -0.25) is 9.69 Å². The minimum absolute atomic E-state index is 0.245. The molecule has 1 amide bonds. The van der Waals surface area contributed by atoms with Crippen LogP contribution in [-0.2, 0) is 14.3 Å². The number of rotatable bonds is 4. The summed E-state index contributed by atoms with van der Waals surface area (Å²) in [5.41, 5.74) is 0.864. The number of carbonyl (C=O) groups is 2. The molecule has 1 aromatic carbocycles. The molecule has 0 N–H and O–H groups in total. The van der Waals surface area contributed by atoms with Crippen LogP contribution in [0.2, 0.25) is 5.02 Å². The highest BCUT2D eigenvalue weighted by Crippen LogP contribution is 2.32. The molecular weight excluding hydrogens is 316 g/mol. The maximum Gasteiger partial charge on any atom is 0.327 e. The lowest BCUT2D eigenvalue weighted by Crippen LogP contribution is -2.51. The number of carbonyl (C=O) groups excluding carboxylic acids is 2. The van der Waals surface area contributed by atoms with Crippen LogP contribution in [0.3, 0.4) is 0 Å². The fourth-order valence-corrected chi connectivity index (χ4v) is 3.17. The summed E-state index contributed by atoms with van der Waals surface area (Å²) in [6, 6.07) is 6.81. The van der Waals surface area contributed by atoms with E-state index < -0.39 is 6.04 Å². The molecule has 3 rings (SSSR count). The Morgan fingerprint density at radius 2 is 1.74 bits per heavy atom. The third-order valence-electron chi connectivity index (χ3n) is 4.53. The summed E-state index contributed by atoms with van der Waals surface area (Å²) in [6.45, 7) is 2.66. The van der Waals surface area contributed by atoms with Crippen molar-refractivity contribution in [1.82, 2.24) is 9.80 Å². The summed E-state index contributed by atoms with van der Waals surface area (Å²) in [5.74, 6) is 0.231. The van der Waals surface area contributed by atoms with Gasteiger partial charge in [0.05, 0.1) is 7.11 Å². The summed E-state index contributed by atoms with van der Waals surface area (Å²) in [7, 11) is 1.40. The number of hydrogen-bond acceptors (Lipinski definition) is 4. The molecule has 1 saturated heterocycles. The third kappa shape index (κ3) is 3.67. The molecule has 1 unspecified atom stereocenters. The summed E-state index contributed by atoms with van der Waals surface area (Å²) in [4.78, 5) is 28.4. The van der Waals surface area contributed by atoms with E-state index in [0.29, 0.717) is 31.2 Å². The molecule has 1 saturated carbocycles. The minimum atomic E-state index is -0.449. The van der Waals surface area contributed by atoms with Gasteiger partial charge in [0.2, 0.25) is 5.91 Å². The van der Waals surface area contributed by atoms with Gasteiger partial charge in [0, 0.05) is 37.1 Å². The Bertz CT molecular complexity index is 578. The Labute approximate surface area is 141 Å². The van der Waals surface area contributed by atoms with E-state index in [2.05, 4.69) is 4.90 Å². The van der Waals surface area contributed by atoms with Gasteiger partial charge >= 0.3 is 5.97 Å². The summed E-state index contributed by atoms with van der Waals surface area (Å²) >= 11 is 5.93. The number of amides is 1. The fraction of sp³-hybridized carbons (Fsp3) is 0.529. The first-order valence-electron chi connectivity index (χ1n) is 7.96. The highest BCUT2D eigenvalue weighted by molar-refractivity contribution is 6.30. The minimum Gasteiger partial charge on any atom is -0.468 e. The van der Waals surface area contributed by atoms with Crippen LogP contribution in [0.4, 0.5) is 0 Å². The molecule has 1 aliphatic carbocycles. The second-order valence-corrected chi connectivity index (χ2v) is 6.55. The average molecular weight is 337 g/mol. The van der Waals surface area contributed by atoms with Crippen LogP contribution in [-0.4, -0.2) is 55.0 Å². The molecule has 6 heteroatoms. The fourth-order valence-electron chi connectivity index (χ4n) is 3.04. The molecule has 2 aliphatic rings. The normalized spacial score (nSPS) is 20.2. The molecule has 5 nitrogen and oxygen atoms in total. The van der Waals surface area contributed by atoms with Crippen LogP contribution in [0.15, 0.2) is 24.3 Å². The summed E-state index contributed by atoms with van der Waals surface area (Å²) < 4.78 is 4.98. The van der Waals surface area contributed by atoms with Crippen LogP contribution in [0.1, 0.15) is 24.4 Å². The second kappa shape index (κ2) is 6.89. The lowest BCUT2D eigenvalue weighted by molar-refractivity contribution is -0.148. The molecular formula is C17H21ClN2O3. The first kappa shape index (κ1) is 16.3. The smallest absolute Gasteiger partial charge is 0.327 e. The monoisotopic (exact) mass is 336 g/mol. The van der Waals surface area contributed by atoms with Crippen molar-refractivity contribution in [3.63, 3.8) is 0 Å². The third-order valence-corrected chi connectivity index (χ3v) is 4.78. The van der Waals surface area contributed by atoms with Crippen molar-refractivity contribution in [3.8, 4) is 0 Å². The molecule has 1 aromatic rings. The average Bonchev–Trinajstić information content (AvgIpc) is 3.41. The second-order valence-electron chi connectivity index (χ2n) is 6.11. The van der Waals surface area contributed by atoms with Crippen molar-refractivity contribution >= 4 is 23.5 Å². The molecule has 1 atom stereocenters. The van der Waals surface area contributed by atoms with Gasteiger partial charge in [0.1, 0.15) is 6.04 Å². The quantitative estimate of drug-likeness (QED) is 0.790. The van der Waals surface area contributed by atoms with E-state index in [1.807, 2.05) is 17.0 Å². The van der Waals surface area contributed by atoms with Gasteiger partial charge < -0.3 is 9.64 Å². The predicted octanol–water partition coefficient (Wildman–Crippen LogP) is 2.11. The van der Waals surface area contributed by atoms with E-state index >= 15 is 0 Å². The zero-order valence-corrected chi connectivity index (χ0v) is 14.0. The number of hydrogen-bond donors (Lipinski definition) is 0. The van der Waals surface area contributed by atoms with Gasteiger partial charge in [-0.15, -0.1) is 0 Å². The predicted molar refractivity (Wildman–Crippen MR) is 87.1 cm³/mol. The van der Waals surface area contributed by atoms with Crippen LogP contribution in [0, 0.1) is 5.92 Å². The first-order valence-corrected chi connectivity index (χ1v) is 8.34. The molecule has 0 bridgehead atoms. The van der Waals surface area contributed by atoms with Crippen molar-refractivity contribution < 1.29 is 14.3 Å². The highest BCUT2D eigenvalue weighted by atomic mass is 35.5. The van der Waals surface area contributed by atoms with Gasteiger partial charge in [-0.25, -0.2) is 4.79 Å². The van der Waals surface area contributed by atoms with Crippen molar-refractivity contribution in [2.75, 3.05) is 33.3 Å². The van der Waals surface area contributed by atoms with Gasteiger partial charge in [-0.2, -0.15) is 0 Å². The highest BCUT2D eigenvalue weighted by Gasteiger charge is 2.37. The number of benzene rings is 1. The number of nitrogens with zero attached hydrogens (tertiary/aromatic N) is 2. The van der Waals surface area contributed by atoms with E-state index in [1.165, 1.54) is 7.11 Å². The van der Waals surface area contributed by atoms with Crippen LogP contribution in [0.5, 0.6) is 0 Å². The standard InChI is InChI=1S/C17H21ClN2O3/c1-23-17(22)15(12-4-6-14(18)7-5-12)19-8-10-20(11-9-19)16(21)13-2-3-13/h4-7,13,15H,2-3,8-11H2,1H3. The molecule has 1 heterocycles. The maximum atomic E-state index is 12.3. The Morgan fingerprint density at radius 3 is 2.26 bits per heavy atom. The number of halogens is 1. The van der Waals surface area contributed by atoms with Gasteiger partial charge in [0.15, 0.2) is 0 Å². The topological polar surface area (TPSA) is 49.9 Å².